The molecule has 0 saturated carbocycles. The van der Waals surface area contributed by atoms with Gasteiger partial charge in [-0.1, -0.05) is 0 Å². The zero-order valence-electron chi connectivity index (χ0n) is 7.26. The van der Waals surface area contributed by atoms with Crippen molar-refractivity contribution in [3.8, 4) is 0 Å². The molecule has 6 heteroatoms. The molecule has 1 N–H and O–H groups in total. The van der Waals surface area contributed by atoms with Crippen LogP contribution in [0.4, 0.5) is 13.2 Å². The number of halogens is 3. The first-order valence-corrected chi connectivity index (χ1v) is 4.99. The van der Waals surface area contributed by atoms with Gasteiger partial charge < -0.3 is 5.11 Å². The predicted octanol–water partition coefficient (Wildman–Crippen LogP) is 3.01. The molecular weight excluding hydrogens is 229 g/mol. The van der Waals surface area contributed by atoms with Crippen LogP contribution in [-0.2, 0) is 11.9 Å². The molecule has 1 aliphatic rings. The van der Waals surface area contributed by atoms with Gasteiger partial charge in [-0.25, -0.2) is 4.79 Å². The third-order valence-electron chi connectivity index (χ3n) is 2.17. The van der Waals surface area contributed by atoms with Gasteiger partial charge in [-0.2, -0.15) is 13.2 Å². The van der Waals surface area contributed by atoms with Gasteiger partial charge in [0, 0.05) is 10.6 Å². The summed E-state index contributed by atoms with van der Waals surface area (Å²) in [4.78, 5) is 11.2. The Morgan fingerprint density at radius 1 is 1.40 bits per heavy atom. The number of thioether (sulfide) groups is 1. The van der Waals surface area contributed by atoms with Gasteiger partial charge in [0.1, 0.15) is 0 Å². The number of fused-ring (bicyclic) bond motifs is 2. The van der Waals surface area contributed by atoms with E-state index in [2.05, 4.69) is 0 Å². The highest BCUT2D eigenvalue weighted by atomic mass is 32.2. The fourth-order valence-electron chi connectivity index (χ4n) is 1.55. The van der Waals surface area contributed by atoms with E-state index in [1.807, 2.05) is 0 Å². The van der Waals surface area contributed by atoms with Crippen LogP contribution < -0.4 is 0 Å². The lowest BCUT2D eigenvalue weighted by Gasteiger charge is -2.10. The number of rotatable bonds is 1. The number of hydrogen-bond acceptors (Lipinski definition) is 2. The highest BCUT2D eigenvalue weighted by Crippen LogP contribution is 2.44. The molecule has 0 fully saturated rings. The van der Waals surface area contributed by atoms with Crippen molar-refractivity contribution in [1.29, 1.82) is 0 Å². The number of carboxylic acid groups (broad SMARTS) is 1. The zero-order chi connectivity index (χ0) is 11.2. The van der Waals surface area contributed by atoms with E-state index in [9.17, 15) is 18.0 Å². The molecule has 1 aromatic rings. The van der Waals surface area contributed by atoms with E-state index in [0.29, 0.717) is 4.90 Å². The highest BCUT2D eigenvalue weighted by molar-refractivity contribution is 7.99. The lowest BCUT2D eigenvalue weighted by Crippen LogP contribution is -2.11. The van der Waals surface area contributed by atoms with E-state index >= 15 is 0 Å². The van der Waals surface area contributed by atoms with Crippen molar-refractivity contribution < 1.29 is 23.1 Å². The molecule has 0 spiro atoms. The van der Waals surface area contributed by atoms with Crippen LogP contribution in [0.1, 0.15) is 21.5 Å². The molecule has 0 atom stereocenters. The molecule has 1 aromatic carbocycles. The highest BCUT2D eigenvalue weighted by Gasteiger charge is 2.38. The number of hydrogen-bond donors (Lipinski definition) is 1. The van der Waals surface area contributed by atoms with Crippen molar-refractivity contribution in [3.05, 3.63) is 28.8 Å². The number of aromatic carboxylic acids is 1. The van der Waals surface area contributed by atoms with Crippen molar-refractivity contribution in [3.63, 3.8) is 0 Å². The van der Waals surface area contributed by atoms with E-state index in [1.165, 1.54) is 6.07 Å². The minimum absolute atomic E-state index is 0.0822. The molecule has 80 valence electrons. The van der Waals surface area contributed by atoms with Gasteiger partial charge in [0.2, 0.25) is 0 Å². The molecule has 0 aliphatic carbocycles. The van der Waals surface area contributed by atoms with Crippen molar-refractivity contribution >= 4 is 17.7 Å². The molecule has 1 aliphatic heterocycles. The Hall–Kier alpha value is -1.17. The summed E-state index contributed by atoms with van der Waals surface area (Å²) < 4.78 is 37.5. The summed E-state index contributed by atoms with van der Waals surface area (Å²) in [5, 5.41) is 8.80. The summed E-state index contributed by atoms with van der Waals surface area (Å²) in [6.07, 6.45) is -4.48. The lowest BCUT2D eigenvalue weighted by atomic mass is 10.0. The molecule has 2 bridgehead atoms. The van der Waals surface area contributed by atoms with Crippen molar-refractivity contribution in [2.24, 2.45) is 0 Å². The first-order chi connectivity index (χ1) is 6.91. The Kier molecular flexibility index (Phi) is 2.18. The minimum atomic E-state index is -4.48. The van der Waals surface area contributed by atoms with E-state index in [1.54, 1.807) is 0 Å². The van der Waals surface area contributed by atoms with Crippen molar-refractivity contribution in [2.75, 3.05) is 0 Å². The van der Waals surface area contributed by atoms with E-state index in [-0.39, 0.29) is 16.9 Å². The Labute approximate surface area is 87.1 Å². The first-order valence-electron chi connectivity index (χ1n) is 4.00. The summed E-state index contributed by atoms with van der Waals surface area (Å²) in [6.45, 7) is 0. The molecule has 0 radical (unpaired) electrons. The molecule has 0 unspecified atom stereocenters. The van der Waals surface area contributed by atoms with Gasteiger partial charge in [-0.3, -0.25) is 0 Å². The summed E-state index contributed by atoms with van der Waals surface area (Å²) in [5.41, 5.74) is -1.15. The monoisotopic (exact) mass is 234 g/mol. The fraction of sp³-hybridized carbons (Fsp3) is 0.222. The molecule has 0 amide bonds. The molecule has 1 heterocycles. The second kappa shape index (κ2) is 3.16. The fourth-order valence-corrected chi connectivity index (χ4v) is 2.67. The van der Waals surface area contributed by atoms with Crippen LogP contribution in [0.3, 0.4) is 0 Å². The molecule has 0 aromatic heterocycles. The predicted molar refractivity (Wildman–Crippen MR) is 48.0 cm³/mol. The molecule has 15 heavy (non-hydrogen) atoms. The topological polar surface area (TPSA) is 37.3 Å². The average molecular weight is 234 g/mol. The largest absolute Gasteiger partial charge is 0.478 e. The number of carbonyl (C=O) groups is 1. The second-order valence-corrected chi connectivity index (χ2v) is 4.07. The Bertz CT molecular complexity index is 440. The third-order valence-corrected chi connectivity index (χ3v) is 3.25. The van der Waals surface area contributed by atoms with Crippen LogP contribution in [0.2, 0.25) is 0 Å². The van der Waals surface area contributed by atoms with Gasteiger partial charge in [0.05, 0.1) is 11.1 Å². The molecule has 2 rings (SSSR count). The first kappa shape index (κ1) is 10.4. The summed E-state index contributed by atoms with van der Waals surface area (Å²) in [6, 6.07) is 2.16. The van der Waals surface area contributed by atoms with Crippen LogP contribution in [0.15, 0.2) is 17.0 Å². The molecular formula is C9H5F3O2S. The Morgan fingerprint density at radius 2 is 2.07 bits per heavy atom. The average Bonchev–Trinajstić information content (AvgIpc) is 2.37. The smallest absolute Gasteiger partial charge is 0.416 e. The SMILES string of the molecule is O=C(O)c1c2ccc(C(F)(F)F)c1CS2. The standard InChI is InChI=1S/C9H5F3O2S/c10-9(11,12)5-1-2-6-7(8(13)14)4(5)3-15-6/h1-2H,3H2,(H,13,14). The minimum Gasteiger partial charge on any atom is -0.478 e. The van der Waals surface area contributed by atoms with Gasteiger partial charge in [0.25, 0.3) is 0 Å². The third kappa shape index (κ3) is 1.58. The zero-order valence-corrected chi connectivity index (χ0v) is 8.08. The Morgan fingerprint density at radius 3 is 2.60 bits per heavy atom. The van der Waals surface area contributed by atoms with Crippen molar-refractivity contribution in [2.45, 2.75) is 16.8 Å². The van der Waals surface area contributed by atoms with Crippen LogP contribution in [0, 0.1) is 0 Å². The van der Waals surface area contributed by atoms with Crippen LogP contribution in [-0.4, -0.2) is 11.1 Å². The maximum atomic E-state index is 12.5. The van der Waals surface area contributed by atoms with Gasteiger partial charge in [0.15, 0.2) is 0 Å². The maximum Gasteiger partial charge on any atom is 0.416 e. The van der Waals surface area contributed by atoms with Crippen LogP contribution in [0.25, 0.3) is 0 Å². The maximum absolute atomic E-state index is 12.5. The van der Waals surface area contributed by atoms with E-state index in [4.69, 9.17) is 5.11 Å². The van der Waals surface area contributed by atoms with E-state index in [0.717, 1.165) is 17.8 Å². The molecule has 0 saturated heterocycles. The van der Waals surface area contributed by atoms with Crippen LogP contribution in [0.5, 0.6) is 0 Å². The summed E-state index contributed by atoms with van der Waals surface area (Å²) in [5.74, 6) is -1.21. The van der Waals surface area contributed by atoms with E-state index < -0.39 is 17.7 Å². The number of alkyl halides is 3. The second-order valence-electron chi connectivity index (χ2n) is 3.06. The Balaban J connectivity index is 2.65. The van der Waals surface area contributed by atoms with Crippen LogP contribution >= 0.6 is 11.8 Å². The quantitative estimate of drug-likeness (QED) is 0.811. The normalized spacial score (nSPS) is 14.3. The number of benzene rings is 1. The lowest BCUT2D eigenvalue weighted by molar-refractivity contribution is -0.138. The summed E-state index contributed by atoms with van der Waals surface area (Å²) >= 11 is 1.12. The molecule has 2 nitrogen and oxygen atoms in total. The summed E-state index contributed by atoms with van der Waals surface area (Å²) in [7, 11) is 0. The van der Waals surface area contributed by atoms with Gasteiger partial charge >= 0.3 is 12.1 Å². The van der Waals surface area contributed by atoms with Gasteiger partial charge in [-0.05, 0) is 17.7 Å². The van der Waals surface area contributed by atoms with Gasteiger partial charge in [-0.15, -0.1) is 11.8 Å². The number of carboxylic acids is 1. The van der Waals surface area contributed by atoms with Crippen molar-refractivity contribution in [1.82, 2.24) is 0 Å².